The highest BCUT2D eigenvalue weighted by Crippen LogP contribution is 2.35. The maximum absolute atomic E-state index is 14.0. The molecule has 2 amide bonds. The van der Waals surface area contributed by atoms with Crippen LogP contribution in [0.1, 0.15) is 12.5 Å². The topological polar surface area (TPSA) is 89.8 Å². The highest BCUT2D eigenvalue weighted by molar-refractivity contribution is 6.00. The van der Waals surface area contributed by atoms with Crippen molar-refractivity contribution in [3.8, 4) is 0 Å². The molecule has 0 saturated carbocycles. The van der Waals surface area contributed by atoms with Gasteiger partial charge in [-0.15, -0.1) is 0 Å². The fourth-order valence-electron chi connectivity index (χ4n) is 2.44. The largest absolute Gasteiger partial charge is 0.323 e. The molecule has 0 fully saturated rings. The second-order valence-electron chi connectivity index (χ2n) is 5.85. The number of halogens is 2. The number of amides is 2. The number of carbonyl (C=O) groups excluding carboxylic acids is 1. The first-order valence-corrected chi connectivity index (χ1v) is 7.70. The SMILES string of the molecule is C=C(C)C(F)(F)c1cccc(NC(=O)Nc2ccc3[nH]c(=O)[nH]c3c2)c1. The van der Waals surface area contributed by atoms with Gasteiger partial charge in [0.15, 0.2) is 0 Å². The lowest BCUT2D eigenvalue weighted by molar-refractivity contribution is 0.0386. The van der Waals surface area contributed by atoms with Crippen molar-refractivity contribution in [2.24, 2.45) is 0 Å². The molecule has 3 aromatic rings. The molecule has 26 heavy (non-hydrogen) atoms. The zero-order valence-corrected chi connectivity index (χ0v) is 13.8. The number of hydrogen-bond acceptors (Lipinski definition) is 2. The molecule has 1 aromatic heterocycles. The first-order valence-electron chi connectivity index (χ1n) is 7.70. The van der Waals surface area contributed by atoms with Crippen molar-refractivity contribution in [3.05, 3.63) is 70.7 Å². The van der Waals surface area contributed by atoms with Crippen molar-refractivity contribution in [3.63, 3.8) is 0 Å². The summed E-state index contributed by atoms with van der Waals surface area (Å²) in [6, 6.07) is 9.63. The van der Waals surface area contributed by atoms with E-state index in [1.54, 1.807) is 18.2 Å². The number of hydrogen-bond donors (Lipinski definition) is 4. The van der Waals surface area contributed by atoms with Crippen molar-refractivity contribution in [2.75, 3.05) is 10.6 Å². The summed E-state index contributed by atoms with van der Waals surface area (Å²) in [5.41, 5.74) is 0.913. The van der Waals surface area contributed by atoms with E-state index in [2.05, 4.69) is 27.2 Å². The van der Waals surface area contributed by atoms with Crippen LogP contribution in [0.3, 0.4) is 0 Å². The Kier molecular flexibility index (Phi) is 4.33. The molecular weight excluding hydrogens is 342 g/mol. The number of fused-ring (bicyclic) bond motifs is 1. The Balaban J connectivity index is 1.75. The third-order valence-corrected chi connectivity index (χ3v) is 3.79. The van der Waals surface area contributed by atoms with Gasteiger partial charge in [-0.05, 0) is 42.8 Å². The highest BCUT2D eigenvalue weighted by atomic mass is 19.3. The maximum Gasteiger partial charge on any atom is 0.323 e. The van der Waals surface area contributed by atoms with Gasteiger partial charge in [0.25, 0.3) is 5.92 Å². The number of aromatic nitrogens is 2. The molecule has 6 nitrogen and oxygen atoms in total. The summed E-state index contributed by atoms with van der Waals surface area (Å²) in [6.45, 7) is 4.54. The van der Waals surface area contributed by atoms with Crippen LogP contribution in [0.4, 0.5) is 25.0 Å². The zero-order valence-electron chi connectivity index (χ0n) is 13.8. The summed E-state index contributed by atoms with van der Waals surface area (Å²) in [5.74, 6) is -3.18. The van der Waals surface area contributed by atoms with Crippen LogP contribution in [-0.2, 0) is 5.92 Å². The second-order valence-corrected chi connectivity index (χ2v) is 5.85. The molecule has 8 heteroatoms. The van der Waals surface area contributed by atoms with Crippen molar-refractivity contribution in [1.82, 2.24) is 9.97 Å². The maximum atomic E-state index is 14.0. The molecule has 0 saturated heterocycles. The van der Waals surface area contributed by atoms with E-state index in [-0.39, 0.29) is 22.5 Å². The van der Waals surface area contributed by atoms with E-state index < -0.39 is 12.0 Å². The molecule has 1 heterocycles. The Bertz CT molecular complexity index is 1050. The molecule has 0 aliphatic heterocycles. The molecule has 0 spiro atoms. The molecule has 0 unspecified atom stereocenters. The number of allylic oxidation sites excluding steroid dienone is 1. The van der Waals surface area contributed by atoms with Crippen LogP contribution in [-0.4, -0.2) is 16.0 Å². The summed E-state index contributed by atoms with van der Waals surface area (Å²) in [7, 11) is 0. The Morgan fingerprint density at radius 2 is 1.69 bits per heavy atom. The number of alkyl halides is 2. The predicted octanol–water partition coefficient (Wildman–Crippen LogP) is 4.17. The number of nitrogens with one attached hydrogen (secondary N) is 4. The van der Waals surface area contributed by atoms with Crippen molar-refractivity contribution in [2.45, 2.75) is 12.8 Å². The van der Waals surface area contributed by atoms with Crippen LogP contribution in [0.5, 0.6) is 0 Å². The Hall–Kier alpha value is -3.42. The third-order valence-electron chi connectivity index (χ3n) is 3.79. The van der Waals surface area contributed by atoms with Gasteiger partial charge in [0, 0.05) is 16.9 Å². The minimum atomic E-state index is -3.18. The lowest BCUT2D eigenvalue weighted by Gasteiger charge is -2.17. The number of aromatic amines is 2. The number of anilines is 2. The summed E-state index contributed by atoms with van der Waals surface area (Å²) in [5, 5.41) is 5.08. The van der Waals surface area contributed by atoms with Crippen LogP contribution in [0.2, 0.25) is 0 Å². The number of benzene rings is 2. The number of carbonyl (C=O) groups is 1. The summed E-state index contributed by atoms with van der Waals surface area (Å²) >= 11 is 0. The lowest BCUT2D eigenvalue weighted by Crippen LogP contribution is -2.20. The minimum Gasteiger partial charge on any atom is -0.308 e. The van der Waals surface area contributed by atoms with E-state index in [4.69, 9.17) is 0 Å². The summed E-state index contributed by atoms with van der Waals surface area (Å²) < 4.78 is 28.1. The lowest BCUT2D eigenvalue weighted by atomic mass is 10.0. The molecule has 0 bridgehead atoms. The van der Waals surface area contributed by atoms with E-state index in [9.17, 15) is 18.4 Å². The fraction of sp³-hybridized carbons (Fsp3) is 0.111. The number of H-pyrrole nitrogens is 2. The predicted molar refractivity (Wildman–Crippen MR) is 96.7 cm³/mol. The Morgan fingerprint density at radius 1 is 1.04 bits per heavy atom. The molecule has 3 rings (SSSR count). The van der Waals surface area contributed by atoms with Crippen LogP contribution < -0.4 is 16.3 Å². The van der Waals surface area contributed by atoms with Crippen molar-refractivity contribution in [1.29, 1.82) is 0 Å². The van der Waals surface area contributed by atoms with Gasteiger partial charge in [-0.3, -0.25) is 0 Å². The van der Waals surface area contributed by atoms with Gasteiger partial charge < -0.3 is 20.6 Å². The average molecular weight is 358 g/mol. The quantitative estimate of drug-likeness (QED) is 0.527. The van der Waals surface area contributed by atoms with Gasteiger partial charge in [-0.2, -0.15) is 8.78 Å². The molecule has 0 radical (unpaired) electrons. The summed E-state index contributed by atoms with van der Waals surface area (Å²) in [4.78, 5) is 28.5. The average Bonchev–Trinajstić information content (AvgIpc) is 2.94. The van der Waals surface area contributed by atoms with Gasteiger partial charge in [0.1, 0.15) is 0 Å². The molecular formula is C18H16F2N4O2. The van der Waals surface area contributed by atoms with Gasteiger partial charge in [-0.25, -0.2) is 9.59 Å². The first kappa shape index (κ1) is 17.4. The summed E-state index contributed by atoms with van der Waals surface area (Å²) in [6.07, 6.45) is 0. The fourth-order valence-corrected chi connectivity index (χ4v) is 2.44. The Labute approximate surface area is 146 Å². The van der Waals surface area contributed by atoms with Gasteiger partial charge >= 0.3 is 11.7 Å². The molecule has 4 N–H and O–H groups in total. The number of urea groups is 1. The molecule has 0 atom stereocenters. The molecule has 0 aliphatic carbocycles. The molecule has 0 aliphatic rings. The zero-order chi connectivity index (χ0) is 18.9. The highest BCUT2D eigenvalue weighted by Gasteiger charge is 2.32. The number of imidazole rings is 1. The Morgan fingerprint density at radius 3 is 2.38 bits per heavy atom. The second kappa shape index (κ2) is 6.47. The van der Waals surface area contributed by atoms with E-state index >= 15 is 0 Å². The van der Waals surface area contributed by atoms with E-state index in [1.807, 2.05) is 0 Å². The van der Waals surface area contributed by atoms with Crippen molar-refractivity contribution >= 4 is 28.4 Å². The van der Waals surface area contributed by atoms with Crippen molar-refractivity contribution < 1.29 is 13.6 Å². The van der Waals surface area contributed by atoms with Gasteiger partial charge in [0.2, 0.25) is 0 Å². The van der Waals surface area contributed by atoms with Crippen LogP contribution in [0.15, 0.2) is 59.4 Å². The first-order chi connectivity index (χ1) is 12.3. The monoisotopic (exact) mass is 358 g/mol. The van der Waals surface area contributed by atoms with Crippen LogP contribution >= 0.6 is 0 Å². The minimum absolute atomic E-state index is 0.219. The van der Waals surface area contributed by atoms with Gasteiger partial charge in [-0.1, -0.05) is 18.7 Å². The van der Waals surface area contributed by atoms with E-state index in [0.717, 1.165) is 0 Å². The smallest absolute Gasteiger partial charge is 0.308 e. The molecule has 134 valence electrons. The van der Waals surface area contributed by atoms with Crippen LogP contribution in [0, 0.1) is 0 Å². The van der Waals surface area contributed by atoms with E-state index in [0.29, 0.717) is 16.7 Å². The van der Waals surface area contributed by atoms with Crippen LogP contribution in [0.25, 0.3) is 11.0 Å². The third kappa shape index (κ3) is 3.49. The van der Waals surface area contributed by atoms with Gasteiger partial charge in [0.05, 0.1) is 11.0 Å². The number of rotatable bonds is 4. The normalized spacial score (nSPS) is 11.3. The molecule has 2 aromatic carbocycles. The standard InChI is InChI=1S/C18H16F2N4O2/c1-10(2)18(19,20)11-4-3-5-12(8-11)21-16(25)22-13-6-7-14-15(9-13)24-17(26)23-14/h3-9H,1H2,2H3,(H2,21,22,25)(H2,23,24,26). The van der Waals surface area contributed by atoms with E-state index in [1.165, 1.54) is 31.2 Å².